The SMILES string of the molecule is COc1ccc(C(OCC(OC)C(O)C(F)n2ccc(=O)[nH]c2=O)(c2ccccc2)c2ccc(OC)cc2)cc1. The van der Waals surface area contributed by atoms with E-state index in [1.165, 1.54) is 7.11 Å². The molecule has 4 aromatic rings. The summed E-state index contributed by atoms with van der Waals surface area (Å²) < 4.78 is 38.8. The van der Waals surface area contributed by atoms with E-state index in [-0.39, 0.29) is 6.61 Å². The maximum absolute atomic E-state index is 15.3. The molecule has 10 heteroatoms. The van der Waals surface area contributed by atoms with E-state index < -0.39 is 35.4 Å². The van der Waals surface area contributed by atoms with Crippen LogP contribution in [-0.4, -0.2) is 54.8 Å². The first-order valence-electron chi connectivity index (χ1n) is 12.5. The third-order valence-electron chi connectivity index (χ3n) is 6.72. The van der Waals surface area contributed by atoms with E-state index in [9.17, 15) is 14.7 Å². The standard InChI is InChI=1S/C30H31FN2O7/c1-37-23-13-9-21(10-14-23)30(20-7-5-4-6-8-20,22-11-15-24(38-2)16-12-22)40-19-25(39-3)27(35)28(31)33-18-17-26(34)32-29(33)36/h4-18,25,27-28,35H,19H2,1-3H3,(H,32,34,36). The number of aromatic nitrogens is 2. The zero-order valence-electron chi connectivity index (χ0n) is 22.3. The van der Waals surface area contributed by atoms with E-state index in [0.717, 1.165) is 29.0 Å². The minimum atomic E-state index is -2.22. The van der Waals surface area contributed by atoms with Crippen LogP contribution in [0.3, 0.4) is 0 Å². The number of halogens is 1. The van der Waals surface area contributed by atoms with E-state index in [1.54, 1.807) is 14.2 Å². The van der Waals surface area contributed by atoms with Crippen molar-refractivity contribution in [3.05, 3.63) is 129 Å². The van der Waals surface area contributed by atoms with Gasteiger partial charge in [-0.15, -0.1) is 0 Å². The molecule has 0 radical (unpaired) electrons. The van der Waals surface area contributed by atoms with Crippen molar-refractivity contribution in [3.63, 3.8) is 0 Å². The molecule has 0 amide bonds. The first kappa shape index (κ1) is 28.8. The Morgan fingerprint density at radius 2 is 1.35 bits per heavy atom. The number of nitrogens with one attached hydrogen (secondary N) is 1. The highest BCUT2D eigenvalue weighted by atomic mass is 19.1. The average Bonchev–Trinajstić information content (AvgIpc) is 2.99. The Morgan fingerprint density at radius 1 is 0.825 bits per heavy atom. The normalized spacial score (nSPS) is 13.8. The average molecular weight is 551 g/mol. The summed E-state index contributed by atoms with van der Waals surface area (Å²) in [4.78, 5) is 25.5. The van der Waals surface area contributed by atoms with Crippen molar-refractivity contribution in [3.8, 4) is 11.5 Å². The molecule has 0 aliphatic rings. The molecule has 0 spiro atoms. The molecule has 3 aromatic carbocycles. The Morgan fingerprint density at radius 3 is 1.82 bits per heavy atom. The fourth-order valence-corrected chi connectivity index (χ4v) is 4.55. The second kappa shape index (κ2) is 12.7. The predicted molar refractivity (Wildman–Crippen MR) is 147 cm³/mol. The molecule has 40 heavy (non-hydrogen) atoms. The fraction of sp³-hybridized carbons (Fsp3) is 0.267. The van der Waals surface area contributed by atoms with Crippen LogP contribution in [-0.2, 0) is 15.1 Å². The molecule has 3 atom stereocenters. The molecule has 0 fully saturated rings. The van der Waals surface area contributed by atoms with Gasteiger partial charge in [-0.1, -0.05) is 54.6 Å². The van der Waals surface area contributed by atoms with Gasteiger partial charge in [-0.25, -0.2) is 9.18 Å². The van der Waals surface area contributed by atoms with E-state index in [1.807, 2.05) is 83.8 Å². The Labute approximate surface area is 230 Å². The van der Waals surface area contributed by atoms with Gasteiger partial charge < -0.3 is 24.1 Å². The van der Waals surface area contributed by atoms with Gasteiger partial charge in [0.25, 0.3) is 5.56 Å². The summed E-state index contributed by atoms with van der Waals surface area (Å²) in [6.07, 6.45) is -4.25. The molecule has 0 aliphatic carbocycles. The molecule has 1 aromatic heterocycles. The largest absolute Gasteiger partial charge is 0.497 e. The van der Waals surface area contributed by atoms with Crippen LogP contribution in [0.15, 0.2) is 101 Å². The number of hydrogen-bond donors (Lipinski definition) is 2. The maximum Gasteiger partial charge on any atom is 0.330 e. The second-order valence-corrected chi connectivity index (χ2v) is 8.97. The summed E-state index contributed by atoms with van der Waals surface area (Å²) in [7, 11) is 4.46. The van der Waals surface area contributed by atoms with Crippen LogP contribution in [0.5, 0.6) is 11.5 Å². The topological polar surface area (TPSA) is 112 Å². The van der Waals surface area contributed by atoms with Gasteiger partial charge in [0.1, 0.15) is 29.3 Å². The number of aromatic amines is 1. The number of aliphatic hydroxyl groups is 1. The lowest BCUT2D eigenvalue weighted by Crippen LogP contribution is -2.44. The third kappa shape index (κ3) is 5.84. The van der Waals surface area contributed by atoms with Crippen LogP contribution < -0.4 is 20.7 Å². The molecular weight excluding hydrogens is 519 g/mol. The van der Waals surface area contributed by atoms with E-state index >= 15 is 4.39 Å². The Kier molecular flexibility index (Phi) is 9.15. The quantitative estimate of drug-likeness (QED) is 0.260. The summed E-state index contributed by atoms with van der Waals surface area (Å²) in [5, 5.41) is 10.9. The number of H-pyrrole nitrogens is 1. The number of rotatable bonds is 12. The molecule has 3 unspecified atom stereocenters. The number of aliphatic hydroxyl groups excluding tert-OH is 1. The van der Waals surface area contributed by atoms with Gasteiger partial charge in [0.2, 0.25) is 6.30 Å². The van der Waals surface area contributed by atoms with Gasteiger partial charge in [-0.2, -0.15) is 0 Å². The van der Waals surface area contributed by atoms with E-state index in [0.29, 0.717) is 16.1 Å². The first-order valence-corrected chi connectivity index (χ1v) is 12.5. The summed E-state index contributed by atoms with van der Waals surface area (Å²) in [6, 6.07) is 25.1. The van der Waals surface area contributed by atoms with Crippen LogP contribution >= 0.6 is 0 Å². The highest BCUT2D eigenvalue weighted by Crippen LogP contribution is 2.42. The number of benzene rings is 3. The van der Waals surface area contributed by atoms with E-state index in [4.69, 9.17) is 18.9 Å². The zero-order valence-corrected chi connectivity index (χ0v) is 22.3. The van der Waals surface area contributed by atoms with Gasteiger partial charge in [-0.3, -0.25) is 14.3 Å². The molecule has 0 saturated heterocycles. The number of methoxy groups -OCH3 is 3. The molecule has 210 valence electrons. The molecule has 4 rings (SSSR count). The van der Waals surface area contributed by atoms with Gasteiger partial charge in [0, 0.05) is 19.4 Å². The highest BCUT2D eigenvalue weighted by Gasteiger charge is 2.40. The monoisotopic (exact) mass is 550 g/mol. The molecular formula is C30H31FN2O7. The number of hydrogen-bond acceptors (Lipinski definition) is 7. The minimum absolute atomic E-state index is 0.275. The Hall–Kier alpha value is -4.25. The van der Waals surface area contributed by atoms with Crippen molar-refractivity contribution in [2.75, 3.05) is 27.9 Å². The summed E-state index contributed by atoms with van der Waals surface area (Å²) in [6.45, 7) is -0.275. The molecule has 9 nitrogen and oxygen atoms in total. The van der Waals surface area contributed by atoms with Crippen LogP contribution in [0, 0.1) is 0 Å². The van der Waals surface area contributed by atoms with Crippen molar-refractivity contribution in [1.29, 1.82) is 0 Å². The zero-order chi connectivity index (χ0) is 28.7. The van der Waals surface area contributed by atoms with Gasteiger partial charge in [-0.05, 0) is 41.0 Å². The van der Waals surface area contributed by atoms with Crippen LogP contribution in [0.25, 0.3) is 0 Å². The minimum Gasteiger partial charge on any atom is -0.497 e. The van der Waals surface area contributed by atoms with E-state index in [2.05, 4.69) is 0 Å². The highest BCUT2D eigenvalue weighted by molar-refractivity contribution is 5.49. The lowest BCUT2D eigenvalue weighted by atomic mass is 9.80. The summed E-state index contributed by atoms with van der Waals surface area (Å²) in [5.74, 6) is 1.30. The lowest BCUT2D eigenvalue weighted by molar-refractivity contribution is -0.123. The predicted octanol–water partition coefficient (Wildman–Crippen LogP) is 3.41. The molecule has 1 heterocycles. The fourth-order valence-electron chi connectivity index (χ4n) is 4.55. The van der Waals surface area contributed by atoms with Crippen LogP contribution in [0.1, 0.15) is 23.0 Å². The van der Waals surface area contributed by atoms with Gasteiger partial charge in [0.05, 0.1) is 20.8 Å². The van der Waals surface area contributed by atoms with Crippen molar-refractivity contribution in [1.82, 2.24) is 9.55 Å². The molecule has 0 aliphatic heterocycles. The lowest BCUT2D eigenvalue weighted by Gasteiger charge is -2.38. The van der Waals surface area contributed by atoms with Crippen molar-refractivity contribution in [2.24, 2.45) is 0 Å². The smallest absolute Gasteiger partial charge is 0.330 e. The number of ether oxygens (including phenoxy) is 4. The molecule has 0 bridgehead atoms. The summed E-state index contributed by atoms with van der Waals surface area (Å²) >= 11 is 0. The maximum atomic E-state index is 15.3. The van der Waals surface area contributed by atoms with Gasteiger partial charge in [0.15, 0.2) is 0 Å². The van der Waals surface area contributed by atoms with Crippen LogP contribution in [0.2, 0.25) is 0 Å². The number of nitrogens with zero attached hydrogens (tertiary/aromatic N) is 1. The molecule has 2 N–H and O–H groups in total. The van der Waals surface area contributed by atoms with Crippen molar-refractivity contribution in [2.45, 2.75) is 24.1 Å². The molecule has 0 saturated carbocycles. The number of alkyl halides is 1. The second-order valence-electron chi connectivity index (χ2n) is 8.97. The Balaban J connectivity index is 1.78. The third-order valence-corrected chi connectivity index (χ3v) is 6.72. The summed E-state index contributed by atoms with van der Waals surface area (Å²) in [5.41, 5.74) is -0.656. The Bertz CT molecular complexity index is 1440. The van der Waals surface area contributed by atoms with Crippen molar-refractivity contribution < 1.29 is 28.4 Å². The van der Waals surface area contributed by atoms with Crippen molar-refractivity contribution >= 4 is 0 Å². The van der Waals surface area contributed by atoms with Gasteiger partial charge >= 0.3 is 5.69 Å². The van der Waals surface area contributed by atoms with Crippen LogP contribution in [0.4, 0.5) is 4.39 Å². The first-order chi connectivity index (χ1) is 19.3.